The molecular formula is C26H26Cl2N7O2S+. The minimum Gasteiger partial charge on any atom is -0.489 e. The van der Waals surface area contributed by atoms with Crippen LogP contribution in [0, 0.1) is 11.3 Å². The molecule has 0 spiro atoms. The lowest BCUT2D eigenvalue weighted by Crippen LogP contribution is -2.37. The maximum absolute atomic E-state index is 9.83. The highest BCUT2D eigenvalue weighted by atomic mass is 35.5. The van der Waals surface area contributed by atoms with Crippen molar-refractivity contribution in [1.29, 1.82) is 5.26 Å². The van der Waals surface area contributed by atoms with Crippen molar-refractivity contribution in [3.63, 3.8) is 0 Å². The first-order valence-electron chi connectivity index (χ1n) is 11.9. The van der Waals surface area contributed by atoms with Crippen molar-refractivity contribution in [3.8, 4) is 17.5 Å². The summed E-state index contributed by atoms with van der Waals surface area (Å²) in [7, 11) is 1.46. The molecule has 1 atom stereocenters. The van der Waals surface area contributed by atoms with Crippen molar-refractivity contribution >= 4 is 52.9 Å². The van der Waals surface area contributed by atoms with Crippen molar-refractivity contribution in [1.82, 2.24) is 19.4 Å². The number of halogens is 2. The van der Waals surface area contributed by atoms with Crippen molar-refractivity contribution in [2.45, 2.75) is 19.5 Å². The molecule has 2 aromatic carbocycles. The van der Waals surface area contributed by atoms with Crippen LogP contribution in [0.3, 0.4) is 0 Å². The molecule has 2 N–H and O–H groups in total. The number of hydrogen-bond acceptors (Lipinski definition) is 8. The summed E-state index contributed by atoms with van der Waals surface area (Å²) in [6.45, 7) is 2.62. The largest absolute Gasteiger partial charge is 0.489 e. The number of nitrogens with one attached hydrogen (secondary N) is 1. The first-order valence-corrected chi connectivity index (χ1v) is 13.3. The molecule has 196 valence electrons. The number of hydroxylamine groups is 1. The number of alkyl halides is 1. The van der Waals surface area contributed by atoms with Gasteiger partial charge in [0.15, 0.2) is 5.75 Å². The molecule has 1 aliphatic rings. The number of hydrogen-bond donors (Lipinski definition) is 3. The third kappa shape index (κ3) is 5.83. The fourth-order valence-corrected chi connectivity index (χ4v) is 5.03. The second-order valence-electron chi connectivity index (χ2n) is 9.18. The van der Waals surface area contributed by atoms with Crippen molar-refractivity contribution in [3.05, 3.63) is 76.2 Å². The van der Waals surface area contributed by atoms with Gasteiger partial charge >= 0.3 is 0 Å². The molecule has 1 unspecified atom stereocenters. The Morgan fingerprint density at radius 1 is 1.29 bits per heavy atom. The molecule has 2 aromatic heterocycles. The molecule has 0 saturated heterocycles. The van der Waals surface area contributed by atoms with Gasteiger partial charge in [0.05, 0.1) is 27.7 Å². The van der Waals surface area contributed by atoms with E-state index in [4.69, 9.17) is 27.9 Å². The molecule has 38 heavy (non-hydrogen) atoms. The molecule has 3 heterocycles. The topological polar surface area (TPSA) is 99.2 Å². The van der Waals surface area contributed by atoms with E-state index < -0.39 is 4.16 Å². The first kappa shape index (κ1) is 26.6. The minimum absolute atomic E-state index is 0.273. The normalized spacial score (nSPS) is 15.1. The van der Waals surface area contributed by atoms with Gasteiger partial charge in [0, 0.05) is 43.1 Å². The summed E-state index contributed by atoms with van der Waals surface area (Å²) in [6.07, 6.45) is 4.63. The Labute approximate surface area is 235 Å². The number of nitrogens with zero attached hydrogens (tertiary/aromatic N) is 6. The van der Waals surface area contributed by atoms with Crippen LogP contribution in [0.4, 0.5) is 5.95 Å². The van der Waals surface area contributed by atoms with Gasteiger partial charge in [-0.2, -0.15) is 15.9 Å². The quantitative estimate of drug-likeness (QED) is 0.117. The molecule has 12 heteroatoms. The average Bonchev–Trinajstić information content (AvgIpc) is 3.29. The molecule has 0 bridgehead atoms. The van der Waals surface area contributed by atoms with Crippen molar-refractivity contribution < 1.29 is 14.1 Å². The van der Waals surface area contributed by atoms with Crippen LogP contribution in [0.2, 0.25) is 5.02 Å². The van der Waals surface area contributed by atoms with E-state index in [-0.39, 0.29) is 6.61 Å². The lowest BCUT2D eigenvalue weighted by atomic mass is 10.1. The van der Waals surface area contributed by atoms with Gasteiger partial charge in [0.1, 0.15) is 32.5 Å². The van der Waals surface area contributed by atoms with Gasteiger partial charge in [-0.3, -0.25) is 4.90 Å². The summed E-state index contributed by atoms with van der Waals surface area (Å²) in [6, 6.07) is 14.2. The van der Waals surface area contributed by atoms with E-state index in [2.05, 4.69) is 63.4 Å². The lowest BCUT2D eigenvalue weighted by molar-refractivity contribution is -0.955. The second kappa shape index (κ2) is 11.0. The Morgan fingerprint density at radius 2 is 2.13 bits per heavy atom. The standard InChI is InChI=1S/C26H26Cl2N7O2S/c1-35(36,38)32-26-30-14-19-4-7-33(16-23(19)31-26)15-17-2-3-24-18(10-17)5-8-34(24)21-11-20(13-29)25(22(28)12-21)37-9-6-27/h2-3,5,8,10-12,14,36,38H,4,6-7,9,15-16H2,1H3,(H,30,31,32)/q+1. The Morgan fingerprint density at radius 3 is 2.89 bits per heavy atom. The molecule has 4 aromatic rings. The summed E-state index contributed by atoms with van der Waals surface area (Å²) >= 11 is 16.2. The fourth-order valence-electron chi connectivity index (χ4n) is 4.60. The van der Waals surface area contributed by atoms with E-state index in [1.807, 2.05) is 10.8 Å². The highest BCUT2D eigenvalue weighted by Gasteiger charge is 2.22. The maximum atomic E-state index is 9.83. The number of quaternary nitrogens is 1. The van der Waals surface area contributed by atoms with Crippen LogP contribution in [-0.2, 0) is 19.5 Å². The molecule has 0 saturated carbocycles. The molecule has 5 rings (SSSR count). The molecule has 0 amide bonds. The second-order valence-corrected chi connectivity index (χ2v) is 10.7. The summed E-state index contributed by atoms with van der Waals surface area (Å²) in [4.78, 5) is 11.2. The predicted molar refractivity (Wildman–Crippen MR) is 150 cm³/mol. The Bertz CT molecular complexity index is 1530. The van der Waals surface area contributed by atoms with Gasteiger partial charge in [0.2, 0.25) is 0 Å². The van der Waals surface area contributed by atoms with Crippen molar-refractivity contribution in [2.24, 2.45) is 0 Å². The van der Waals surface area contributed by atoms with E-state index in [1.54, 1.807) is 18.3 Å². The van der Waals surface area contributed by atoms with Crippen LogP contribution >= 0.6 is 36.0 Å². The number of aromatic nitrogens is 3. The SMILES string of the molecule is C[N+](O)(S)Nc1ncc2c(n1)CN(Cc1ccc3c(ccn3-c3cc(Cl)c(OCCCl)c(C#N)c3)c1)CC2. The highest BCUT2D eigenvalue weighted by molar-refractivity contribution is 7.74. The number of nitriles is 1. The van der Waals surface area contributed by atoms with Crippen LogP contribution in [0.25, 0.3) is 16.6 Å². The minimum atomic E-state index is -0.752. The first-order chi connectivity index (χ1) is 18.2. The predicted octanol–water partition coefficient (Wildman–Crippen LogP) is 5.13. The van der Waals surface area contributed by atoms with Crippen LogP contribution in [0.5, 0.6) is 5.75 Å². The lowest BCUT2D eigenvalue weighted by Gasteiger charge is -2.28. The van der Waals surface area contributed by atoms with Gasteiger partial charge in [0.25, 0.3) is 5.95 Å². The van der Waals surface area contributed by atoms with E-state index >= 15 is 0 Å². The Hall–Kier alpha value is -3.04. The van der Waals surface area contributed by atoms with E-state index in [0.29, 0.717) is 34.7 Å². The summed E-state index contributed by atoms with van der Waals surface area (Å²) in [5, 5.41) is 20.9. The Balaban J connectivity index is 1.35. The van der Waals surface area contributed by atoms with Gasteiger partial charge in [-0.25, -0.2) is 9.97 Å². The van der Waals surface area contributed by atoms with Gasteiger partial charge in [-0.15, -0.1) is 11.6 Å². The van der Waals surface area contributed by atoms with Crippen LogP contribution in [0.1, 0.15) is 22.4 Å². The van der Waals surface area contributed by atoms with Gasteiger partial charge in [-0.1, -0.05) is 17.7 Å². The summed E-state index contributed by atoms with van der Waals surface area (Å²) < 4.78 is 6.84. The van der Waals surface area contributed by atoms with E-state index in [9.17, 15) is 10.5 Å². The van der Waals surface area contributed by atoms with E-state index in [0.717, 1.165) is 47.4 Å². The average molecular weight is 572 g/mol. The smallest absolute Gasteiger partial charge is 0.273 e. The zero-order chi connectivity index (χ0) is 26.9. The number of benzene rings is 2. The highest BCUT2D eigenvalue weighted by Crippen LogP contribution is 2.33. The monoisotopic (exact) mass is 570 g/mol. The maximum Gasteiger partial charge on any atom is 0.273 e. The zero-order valence-corrected chi connectivity index (χ0v) is 23.0. The summed E-state index contributed by atoms with van der Waals surface area (Å²) in [5.74, 6) is 0.984. The van der Waals surface area contributed by atoms with Gasteiger partial charge < -0.3 is 9.30 Å². The van der Waals surface area contributed by atoms with Crippen LogP contribution < -0.4 is 10.2 Å². The number of thiol groups is 1. The number of fused-ring (bicyclic) bond motifs is 2. The molecule has 0 fully saturated rings. The van der Waals surface area contributed by atoms with Crippen molar-refractivity contribution in [2.75, 3.05) is 31.5 Å². The molecule has 0 radical (unpaired) electrons. The third-order valence-electron chi connectivity index (χ3n) is 6.25. The molecule has 1 aliphatic heterocycles. The fraction of sp³-hybridized carbons (Fsp3) is 0.269. The molecular weight excluding hydrogens is 545 g/mol. The van der Waals surface area contributed by atoms with E-state index in [1.165, 1.54) is 12.6 Å². The molecule has 9 nitrogen and oxygen atoms in total. The molecule has 0 aliphatic carbocycles. The van der Waals surface area contributed by atoms with Crippen LogP contribution in [0.15, 0.2) is 48.8 Å². The number of anilines is 1. The number of rotatable bonds is 8. The van der Waals surface area contributed by atoms with Gasteiger partial charge in [-0.05, 0) is 52.0 Å². The Kier molecular flexibility index (Phi) is 7.68. The van der Waals surface area contributed by atoms with Crippen LogP contribution in [-0.4, -0.2) is 54.9 Å². The third-order valence-corrected chi connectivity index (χ3v) is 6.78. The number of ether oxygens (including phenoxy) is 1. The zero-order valence-electron chi connectivity index (χ0n) is 20.6. The summed E-state index contributed by atoms with van der Waals surface area (Å²) in [5.41, 5.74) is 8.11.